The zero-order valence-corrected chi connectivity index (χ0v) is 16.5. The molecule has 0 atom stereocenters. The van der Waals surface area contributed by atoms with Gasteiger partial charge in [0.1, 0.15) is 0 Å². The number of hydrogen-bond acceptors (Lipinski definition) is 3. The van der Waals surface area contributed by atoms with Crippen LogP contribution in [0.4, 0.5) is 11.4 Å². The van der Waals surface area contributed by atoms with Crippen LogP contribution in [0.15, 0.2) is 41.5 Å². The van der Waals surface area contributed by atoms with E-state index in [0.29, 0.717) is 5.11 Å². The molecular weight excluding hydrogens is 340 g/mol. The van der Waals surface area contributed by atoms with Crippen LogP contribution in [0, 0.1) is 13.8 Å². The first kappa shape index (κ1) is 18.4. The summed E-state index contributed by atoms with van der Waals surface area (Å²) in [5.74, 6) is 0. The highest BCUT2D eigenvalue weighted by Gasteiger charge is 2.15. The van der Waals surface area contributed by atoms with E-state index in [0.717, 1.165) is 30.8 Å². The summed E-state index contributed by atoms with van der Waals surface area (Å²) in [4.78, 5) is 2.43. The molecule has 5 heteroatoms. The molecule has 136 valence electrons. The van der Waals surface area contributed by atoms with Crippen LogP contribution in [0.25, 0.3) is 0 Å². The second kappa shape index (κ2) is 8.32. The molecule has 2 N–H and O–H groups in total. The zero-order valence-electron chi connectivity index (χ0n) is 15.7. The van der Waals surface area contributed by atoms with E-state index in [1.54, 1.807) is 0 Å². The van der Waals surface area contributed by atoms with Gasteiger partial charge in [-0.2, -0.15) is 5.10 Å². The van der Waals surface area contributed by atoms with E-state index in [2.05, 4.69) is 65.8 Å². The van der Waals surface area contributed by atoms with E-state index < -0.39 is 0 Å². The van der Waals surface area contributed by atoms with Crippen LogP contribution in [-0.2, 0) is 6.42 Å². The van der Waals surface area contributed by atoms with Gasteiger partial charge in [0, 0.05) is 24.5 Å². The molecule has 0 unspecified atom stereocenters. The molecular formula is C21H26N4S. The van der Waals surface area contributed by atoms with Crippen molar-refractivity contribution in [3.05, 3.63) is 58.7 Å². The second-order valence-electron chi connectivity index (χ2n) is 6.64. The van der Waals surface area contributed by atoms with Gasteiger partial charge in [-0.05, 0) is 86.3 Å². The largest absolute Gasteiger partial charge is 0.372 e. The molecule has 2 aromatic rings. The Labute approximate surface area is 161 Å². The lowest BCUT2D eigenvalue weighted by atomic mass is 9.99. The number of nitrogens with zero attached hydrogens (tertiary/aromatic N) is 2. The van der Waals surface area contributed by atoms with Gasteiger partial charge in [0.25, 0.3) is 0 Å². The van der Waals surface area contributed by atoms with Crippen LogP contribution in [0.5, 0.6) is 0 Å². The van der Waals surface area contributed by atoms with Crippen LogP contribution in [-0.4, -0.2) is 24.4 Å². The lowest BCUT2D eigenvalue weighted by Crippen LogP contribution is -2.28. The summed E-state index contributed by atoms with van der Waals surface area (Å²) in [6.07, 6.45) is 4.17. The molecule has 0 saturated heterocycles. The summed E-state index contributed by atoms with van der Waals surface area (Å²) < 4.78 is 0. The highest BCUT2D eigenvalue weighted by atomic mass is 32.1. The van der Waals surface area contributed by atoms with Crippen molar-refractivity contribution in [3.8, 4) is 0 Å². The molecule has 0 bridgehead atoms. The third-order valence-electron chi connectivity index (χ3n) is 4.93. The second-order valence-corrected chi connectivity index (χ2v) is 7.05. The van der Waals surface area contributed by atoms with Crippen molar-refractivity contribution in [2.45, 2.75) is 33.6 Å². The van der Waals surface area contributed by atoms with Crippen molar-refractivity contribution < 1.29 is 0 Å². The smallest absolute Gasteiger partial charge is 0.191 e. The molecule has 3 rings (SSSR count). The molecule has 2 aromatic carbocycles. The molecule has 0 saturated carbocycles. The Hall–Kier alpha value is -2.40. The molecule has 1 heterocycles. The molecule has 1 aliphatic rings. The normalized spacial score (nSPS) is 13.6. The molecule has 0 fully saturated rings. The molecule has 0 aromatic heterocycles. The fourth-order valence-electron chi connectivity index (χ4n) is 3.31. The van der Waals surface area contributed by atoms with Crippen molar-refractivity contribution in [3.63, 3.8) is 0 Å². The molecule has 4 nitrogen and oxygen atoms in total. The monoisotopic (exact) mass is 366 g/mol. The number of aryl methyl sites for hydroxylation is 2. The number of hydrogen-bond donors (Lipinski definition) is 2. The quantitative estimate of drug-likeness (QED) is 0.478. The maximum absolute atomic E-state index is 5.34. The summed E-state index contributed by atoms with van der Waals surface area (Å²) in [5.41, 5.74) is 10.2. The van der Waals surface area contributed by atoms with Gasteiger partial charge in [-0.3, -0.25) is 5.43 Å². The van der Waals surface area contributed by atoms with Crippen LogP contribution < -0.4 is 15.6 Å². The predicted molar refractivity (Wildman–Crippen MR) is 116 cm³/mol. The van der Waals surface area contributed by atoms with Crippen molar-refractivity contribution in [2.24, 2.45) is 5.10 Å². The number of anilines is 2. The first-order valence-corrected chi connectivity index (χ1v) is 9.53. The SMILES string of the molecule is CCN1CCCc2cc(/C=N\NC(=S)Nc3cccc(C)c3C)ccc21. The standard InChI is InChI=1S/C21H26N4S/c1-4-25-12-6-8-18-13-17(10-11-20(18)25)14-22-24-21(26)23-19-9-5-7-15(2)16(19)3/h5,7,9-11,13-14H,4,6,8,12H2,1-3H3,(H2,23,24,26)/b22-14-. The Kier molecular flexibility index (Phi) is 5.89. The lowest BCUT2D eigenvalue weighted by Gasteiger charge is -2.30. The minimum atomic E-state index is 0.491. The van der Waals surface area contributed by atoms with E-state index >= 15 is 0 Å². The first-order valence-electron chi connectivity index (χ1n) is 9.12. The van der Waals surface area contributed by atoms with Crippen molar-refractivity contribution in [1.82, 2.24) is 5.43 Å². The Bertz CT molecular complexity index is 829. The summed E-state index contributed by atoms with van der Waals surface area (Å²) in [5, 5.41) is 7.98. The van der Waals surface area contributed by atoms with Gasteiger partial charge in [0.05, 0.1) is 6.21 Å². The van der Waals surface area contributed by atoms with Gasteiger partial charge >= 0.3 is 0 Å². The van der Waals surface area contributed by atoms with Gasteiger partial charge in [-0.25, -0.2) is 0 Å². The Morgan fingerprint density at radius 1 is 1.27 bits per heavy atom. The van der Waals surface area contributed by atoms with E-state index in [1.807, 2.05) is 18.3 Å². The number of benzene rings is 2. The van der Waals surface area contributed by atoms with Gasteiger partial charge in [-0.15, -0.1) is 0 Å². The first-order chi connectivity index (χ1) is 12.6. The van der Waals surface area contributed by atoms with E-state index in [-0.39, 0.29) is 0 Å². The predicted octanol–water partition coefficient (Wildman–Crippen LogP) is 4.40. The van der Waals surface area contributed by atoms with E-state index in [9.17, 15) is 0 Å². The van der Waals surface area contributed by atoms with Crippen molar-refractivity contribution in [2.75, 3.05) is 23.3 Å². The number of hydrazone groups is 1. The summed E-state index contributed by atoms with van der Waals surface area (Å²) in [6.45, 7) is 8.58. The summed E-state index contributed by atoms with van der Waals surface area (Å²) >= 11 is 5.34. The van der Waals surface area contributed by atoms with Crippen LogP contribution in [0.3, 0.4) is 0 Å². The molecule has 26 heavy (non-hydrogen) atoms. The fourth-order valence-corrected chi connectivity index (χ4v) is 3.47. The third kappa shape index (κ3) is 4.22. The van der Waals surface area contributed by atoms with Gasteiger partial charge in [0.2, 0.25) is 0 Å². The molecule has 1 aliphatic heterocycles. The average Bonchev–Trinajstić information content (AvgIpc) is 2.64. The maximum Gasteiger partial charge on any atom is 0.191 e. The number of fused-ring (bicyclic) bond motifs is 1. The minimum absolute atomic E-state index is 0.491. The molecule has 0 radical (unpaired) electrons. The Morgan fingerprint density at radius 2 is 2.12 bits per heavy atom. The van der Waals surface area contributed by atoms with Gasteiger partial charge < -0.3 is 10.2 Å². The van der Waals surface area contributed by atoms with Crippen molar-refractivity contribution in [1.29, 1.82) is 0 Å². The van der Waals surface area contributed by atoms with Gasteiger partial charge in [0.15, 0.2) is 5.11 Å². The van der Waals surface area contributed by atoms with Crippen LogP contribution in [0.1, 0.15) is 35.6 Å². The fraction of sp³-hybridized carbons (Fsp3) is 0.333. The summed E-state index contributed by atoms with van der Waals surface area (Å²) in [7, 11) is 0. The zero-order chi connectivity index (χ0) is 18.5. The highest BCUT2D eigenvalue weighted by molar-refractivity contribution is 7.80. The van der Waals surface area contributed by atoms with Crippen LogP contribution in [0.2, 0.25) is 0 Å². The maximum atomic E-state index is 5.34. The van der Waals surface area contributed by atoms with Crippen LogP contribution >= 0.6 is 12.2 Å². The van der Waals surface area contributed by atoms with E-state index in [4.69, 9.17) is 12.2 Å². The van der Waals surface area contributed by atoms with Crippen molar-refractivity contribution >= 4 is 34.9 Å². The number of rotatable bonds is 4. The third-order valence-corrected chi connectivity index (χ3v) is 5.13. The Morgan fingerprint density at radius 3 is 2.92 bits per heavy atom. The molecule has 0 aliphatic carbocycles. The minimum Gasteiger partial charge on any atom is -0.372 e. The Balaban J connectivity index is 1.62. The van der Waals surface area contributed by atoms with E-state index in [1.165, 1.54) is 28.8 Å². The summed E-state index contributed by atoms with van der Waals surface area (Å²) in [6, 6.07) is 12.7. The topological polar surface area (TPSA) is 39.7 Å². The highest BCUT2D eigenvalue weighted by Crippen LogP contribution is 2.27. The van der Waals surface area contributed by atoms with Gasteiger partial charge in [-0.1, -0.05) is 18.2 Å². The average molecular weight is 367 g/mol. The molecule has 0 amide bonds. The lowest BCUT2D eigenvalue weighted by molar-refractivity contribution is 0.708. The number of thiocarbonyl (C=S) groups is 1. The number of nitrogens with one attached hydrogen (secondary N) is 2. The molecule has 0 spiro atoms.